The highest BCUT2D eigenvalue weighted by atomic mass is 35.5. The second-order valence-corrected chi connectivity index (χ2v) is 2.44. The van der Waals surface area contributed by atoms with Crippen molar-refractivity contribution in [1.29, 1.82) is 0 Å². The molecule has 0 aliphatic rings. The Balaban J connectivity index is 2.92. The van der Waals surface area contributed by atoms with E-state index in [2.05, 4.69) is 10.1 Å². The first-order valence-corrected chi connectivity index (χ1v) is 3.41. The number of fused-ring (bicyclic) bond motifs is 1. The number of nitrogens with zero attached hydrogens (tertiary/aromatic N) is 3. The molecule has 2 aromatic heterocycles. The molecule has 0 amide bonds. The Morgan fingerprint density at radius 2 is 2.36 bits per heavy atom. The summed E-state index contributed by atoms with van der Waals surface area (Å²) in [6.45, 7) is 0. The van der Waals surface area contributed by atoms with E-state index in [1.807, 2.05) is 0 Å². The molecule has 0 saturated carbocycles. The van der Waals surface area contributed by atoms with Crippen molar-refractivity contribution in [3.05, 3.63) is 23.5 Å². The summed E-state index contributed by atoms with van der Waals surface area (Å²) in [7, 11) is 0. The van der Waals surface area contributed by atoms with Crippen LogP contribution in [0.1, 0.15) is 0 Å². The molecule has 2 heterocycles. The van der Waals surface area contributed by atoms with Crippen LogP contribution in [0.3, 0.4) is 0 Å². The number of aromatic nitrogens is 3. The van der Waals surface area contributed by atoms with Crippen LogP contribution in [0.4, 0.5) is 5.82 Å². The van der Waals surface area contributed by atoms with E-state index in [9.17, 15) is 0 Å². The van der Waals surface area contributed by atoms with E-state index in [-0.39, 0.29) is 0 Å². The Morgan fingerprint density at radius 1 is 1.55 bits per heavy atom. The lowest BCUT2D eigenvalue weighted by Gasteiger charge is -1.88. The summed E-state index contributed by atoms with van der Waals surface area (Å²) in [5.74, 6) is 0.311. The van der Waals surface area contributed by atoms with Crippen LogP contribution >= 0.6 is 11.6 Å². The number of halogens is 1. The zero-order valence-corrected chi connectivity index (χ0v) is 6.28. The van der Waals surface area contributed by atoms with Gasteiger partial charge in [-0.05, 0) is 12.1 Å². The summed E-state index contributed by atoms with van der Waals surface area (Å²) in [4.78, 5) is 3.96. The molecule has 2 aromatic rings. The Bertz CT molecular complexity index is 394. The Hall–Kier alpha value is -1.29. The van der Waals surface area contributed by atoms with Crippen LogP contribution in [-0.4, -0.2) is 14.6 Å². The Morgan fingerprint density at radius 3 is 3.09 bits per heavy atom. The fraction of sp³-hybridized carbons (Fsp3) is 0. The third-order valence-electron chi connectivity index (χ3n) is 1.36. The average molecular weight is 169 g/mol. The molecule has 0 atom stereocenters. The van der Waals surface area contributed by atoms with Gasteiger partial charge in [-0.1, -0.05) is 11.6 Å². The highest BCUT2D eigenvalue weighted by Gasteiger charge is 2.05. The van der Waals surface area contributed by atoms with Gasteiger partial charge in [0.2, 0.25) is 0 Å². The highest BCUT2D eigenvalue weighted by molar-refractivity contribution is 6.32. The third kappa shape index (κ3) is 0.832. The minimum Gasteiger partial charge on any atom is -0.381 e. The van der Waals surface area contributed by atoms with Crippen molar-refractivity contribution in [1.82, 2.24) is 14.6 Å². The average Bonchev–Trinajstić information content (AvgIpc) is 2.30. The molecular weight excluding hydrogens is 164 g/mol. The number of nitrogen functional groups attached to an aromatic ring is 1. The van der Waals surface area contributed by atoms with Crippen molar-refractivity contribution in [2.75, 3.05) is 5.73 Å². The van der Waals surface area contributed by atoms with Gasteiger partial charge in [-0.3, -0.25) is 0 Å². The largest absolute Gasteiger partial charge is 0.381 e. The van der Waals surface area contributed by atoms with E-state index in [4.69, 9.17) is 17.3 Å². The van der Waals surface area contributed by atoms with Gasteiger partial charge in [0.05, 0.1) is 0 Å². The monoisotopic (exact) mass is 168 g/mol. The molecule has 0 bridgehead atoms. The van der Waals surface area contributed by atoms with Gasteiger partial charge in [0.25, 0.3) is 0 Å². The van der Waals surface area contributed by atoms with E-state index < -0.39 is 0 Å². The highest BCUT2D eigenvalue weighted by Crippen LogP contribution is 2.17. The Kier molecular flexibility index (Phi) is 1.22. The molecule has 11 heavy (non-hydrogen) atoms. The summed E-state index contributed by atoms with van der Waals surface area (Å²) in [5, 5.41) is 4.31. The van der Waals surface area contributed by atoms with Gasteiger partial charge in [-0.15, -0.1) is 0 Å². The lowest BCUT2D eigenvalue weighted by atomic mass is 10.6. The van der Waals surface area contributed by atoms with E-state index in [0.717, 1.165) is 0 Å². The maximum atomic E-state index is 5.75. The second-order valence-electron chi connectivity index (χ2n) is 2.08. The van der Waals surface area contributed by atoms with Crippen LogP contribution in [-0.2, 0) is 0 Å². The first-order valence-electron chi connectivity index (χ1n) is 3.04. The van der Waals surface area contributed by atoms with Gasteiger partial charge in [0.1, 0.15) is 0 Å². The molecule has 2 N–H and O–H groups in total. The third-order valence-corrected chi connectivity index (χ3v) is 1.72. The molecule has 0 saturated heterocycles. The van der Waals surface area contributed by atoms with Gasteiger partial charge in [-0.25, -0.2) is 9.50 Å². The SMILES string of the molecule is Nc1nc2cccnn2c1Cl. The molecule has 0 aromatic carbocycles. The zero-order chi connectivity index (χ0) is 7.84. The first-order chi connectivity index (χ1) is 5.29. The maximum absolute atomic E-state index is 5.75. The minimum absolute atomic E-state index is 0.311. The van der Waals surface area contributed by atoms with Gasteiger partial charge in [0, 0.05) is 6.20 Å². The summed E-state index contributed by atoms with van der Waals surface area (Å²) < 4.78 is 1.48. The molecule has 0 radical (unpaired) electrons. The predicted molar refractivity (Wildman–Crippen MR) is 42.4 cm³/mol. The van der Waals surface area contributed by atoms with E-state index >= 15 is 0 Å². The fourth-order valence-corrected chi connectivity index (χ4v) is 1.05. The predicted octanol–water partition coefficient (Wildman–Crippen LogP) is 0.965. The lowest BCUT2D eigenvalue weighted by molar-refractivity contribution is 0.937. The number of nitrogens with two attached hydrogens (primary N) is 1. The Labute approximate surface area is 67.6 Å². The van der Waals surface area contributed by atoms with Crippen molar-refractivity contribution in [3.8, 4) is 0 Å². The summed E-state index contributed by atoms with van der Waals surface area (Å²) in [6.07, 6.45) is 1.62. The molecule has 0 aliphatic carbocycles. The minimum atomic E-state index is 0.311. The van der Waals surface area contributed by atoms with E-state index in [0.29, 0.717) is 16.6 Å². The standard InChI is InChI=1S/C6H5ClN4/c7-5-6(8)10-4-2-1-3-9-11(4)5/h1-3H,8H2. The van der Waals surface area contributed by atoms with Crippen LogP contribution in [0, 0.1) is 0 Å². The molecule has 0 fully saturated rings. The smallest absolute Gasteiger partial charge is 0.175 e. The lowest BCUT2D eigenvalue weighted by Crippen LogP contribution is -1.89. The molecule has 0 spiro atoms. The summed E-state index contributed by atoms with van der Waals surface area (Å²) in [6, 6.07) is 3.56. The van der Waals surface area contributed by atoms with E-state index in [1.165, 1.54) is 4.52 Å². The molecule has 56 valence electrons. The first kappa shape index (κ1) is 6.42. The quantitative estimate of drug-likeness (QED) is 0.638. The van der Waals surface area contributed by atoms with Crippen LogP contribution < -0.4 is 5.73 Å². The fourth-order valence-electron chi connectivity index (χ4n) is 0.878. The van der Waals surface area contributed by atoms with Crippen LogP contribution in [0.25, 0.3) is 5.65 Å². The van der Waals surface area contributed by atoms with E-state index in [1.54, 1.807) is 18.3 Å². The number of anilines is 1. The normalized spacial score (nSPS) is 10.6. The topological polar surface area (TPSA) is 56.2 Å². The molecule has 5 heteroatoms. The van der Waals surface area contributed by atoms with Crippen LogP contribution in [0.5, 0.6) is 0 Å². The van der Waals surface area contributed by atoms with Crippen LogP contribution in [0.2, 0.25) is 5.15 Å². The van der Waals surface area contributed by atoms with Gasteiger partial charge >= 0.3 is 0 Å². The van der Waals surface area contributed by atoms with Crippen molar-refractivity contribution < 1.29 is 0 Å². The maximum Gasteiger partial charge on any atom is 0.175 e. The number of rotatable bonds is 0. The second kappa shape index (κ2) is 2.10. The van der Waals surface area contributed by atoms with Crippen molar-refractivity contribution >= 4 is 23.1 Å². The van der Waals surface area contributed by atoms with Gasteiger partial charge in [-0.2, -0.15) is 5.10 Å². The molecule has 4 nitrogen and oxygen atoms in total. The van der Waals surface area contributed by atoms with Crippen molar-refractivity contribution in [2.24, 2.45) is 0 Å². The number of hydrogen-bond acceptors (Lipinski definition) is 3. The molecule has 2 rings (SSSR count). The molecular formula is C6H5ClN4. The molecule has 0 aliphatic heterocycles. The zero-order valence-electron chi connectivity index (χ0n) is 5.53. The van der Waals surface area contributed by atoms with Gasteiger partial charge < -0.3 is 5.73 Å². The summed E-state index contributed by atoms with van der Waals surface area (Å²) in [5.41, 5.74) is 6.11. The molecule has 0 unspecified atom stereocenters. The number of imidazole rings is 1. The van der Waals surface area contributed by atoms with Gasteiger partial charge in [0.15, 0.2) is 16.6 Å². The number of hydrogen-bond donors (Lipinski definition) is 1. The van der Waals surface area contributed by atoms with Crippen molar-refractivity contribution in [3.63, 3.8) is 0 Å². The van der Waals surface area contributed by atoms with Crippen LogP contribution in [0.15, 0.2) is 18.3 Å². The van der Waals surface area contributed by atoms with Crippen molar-refractivity contribution in [2.45, 2.75) is 0 Å². The summed E-state index contributed by atoms with van der Waals surface area (Å²) >= 11 is 5.75.